The normalized spacial score (nSPS) is 15.6. The number of nitrogens with one attached hydrogen (secondary N) is 1. The number of carbonyl (C=O) groups excluding carboxylic acids is 1. The molecule has 0 fully saturated rings. The number of methoxy groups -OCH3 is 1. The molecular weight excluding hydrogens is 376 g/mol. The third-order valence-corrected chi connectivity index (χ3v) is 5.26. The Bertz CT molecular complexity index is 1050. The van der Waals surface area contributed by atoms with E-state index in [2.05, 4.69) is 10.4 Å². The van der Waals surface area contributed by atoms with Crippen molar-refractivity contribution in [3.05, 3.63) is 82.7 Å². The Morgan fingerprint density at radius 1 is 1.24 bits per heavy atom. The van der Waals surface area contributed by atoms with Crippen LogP contribution in [0, 0.1) is 11.6 Å². The molecule has 1 aromatic heterocycles. The molecule has 150 valence electrons. The van der Waals surface area contributed by atoms with Crippen LogP contribution in [0.2, 0.25) is 0 Å². The first-order chi connectivity index (χ1) is 14.1. The fourth-order valence-electron chi connectivity index (χ4n) is 3.78. The third-order valence-electron chi connectivity index (χ3n) is 5.26. The number of para-hydroxylation sites is 1. The summed E-state index contributed by atoms with van der Waals surface area (Å²) in [5, 5.41) is 7.46. The van der Waals surface area contributed by atoms with E-state index in [1.54, 1.807) is 13.3 Å². The van der Waals surface area contributed by atoms with Crippen LogP contribution in [0.15, 0.2) is 48.7 Å². The van der Waals surface area contributed by atoms with E-state index in [0.29, 0.717) is 6.54 Å². The summed E-state index contributed by atoms with van der Waals surface area (Å²) in [5.41, 5.74) is 3.14. The number of rotatable bonds is 5. The van der Waals surface area contributed by atoms with Gasteiger partial charge in [0.15, 0.2) is 11.6 Å². The smallest absolute Gasteiger partial charge is 0.251 e. The van der Waals surface area contributed by atoms with Crippen molar-refractivity contribution in [3.8, 4) is 5.75 Å². The van der Waals surface area contributed by atoms with Gasteiger partial charge in [-0.25, -0.2) is 8.78 Å². The molecule has 0 saturated heterocycles. The van der Waals surface area contributed by atoms with Crippen molar-refractivity contribution in [2.45, 2.75) is 31.8 Å². The summed E-state index contributed by atoms with van der Waals surface area (Å²) in [4.78, 5) is 12.5. The number of hydrogen-bond acceptors (Lipinski definition) is 3. The van der Waals surface area contributed by atoms with Crippen molar-refractivity contribution < 1.29 is 18.3 Å². The van der Waals surface area contributed by atoms with Gasteiger partial charge >= 0.3 is 0 Å². The zero-order chi connectivity index (χ0) is 20.4. The minimum Gasteiger partial charge on any atom is -0.496 e. The monoisotopic (exact) mass is 397 g/mol. The fraction of sp³-hybridized carbons (Fsp3) is 0.273. The number of carbonyl (C=O) groups is 1. The van der Waals surface area contributed by atoms with Crippen LogP contribution in [0.3, 0.4) is 0 Å². The summed E-state index contributed by atoms with van der Waals surface area (Å²) < 4.78 is 33.9. The summed E-state index contributed by atoms with van der Waals surface area (Å²) in [6, 6.07) is 10.7. The summed E-state index contributed by atoms with van der Waals surface area (Å²) in [6.45, 7) is 0.573. The van der Waals surface area contributed by atoms with Crippen LogP contribution < -0.4 is 10.1 Å². The maximum Gasteiger partial charge on any atom is 0.251 e. The lowest BCUT2D eigenvalue weighted by Gasteiger charge is -2.24. The summed E-state index contributed by atoms with van der Waals surface area (Å²) >= 11 is 0. The van der Waals surface area contributed by atoms with Gasteiger partial charge in [-0.2, -0.15) is 5.10 Å². The van der Waals surface area contributed by atoms with Crippen molar-refractivity contribution in [1.82, 2.24) is 15.1 Å². The predicted octanol–water partition coefficient (Wildman–Crippen LogP) is 4.03. The molecule has 7 heteroatoms. The molecule has 3 aromatic rings. The standard InChI is InChI=1S/C22H21F2N3O2/c1-29-21-8-3-2-5-15(21)13-27-20-7-4-6-19(16(20)12-25-27)26-22(28)14-9-10-17(23)18(24)11-14/h2-3,5,8-12,19H,4,6-7,13H2,1H3,(H,26,28)/t19-/m1/s1. The van der Waals surface area contributed by atoms with Gasteiger partial charge in [0.2, 0.25) is 0 Å². The van der Waals surface area contributed by atoms with Crippen molar-refractivity contribution in [3.63, 3.8) is 0 Å². The van der Waals surface area contributed by atoms with E-state index in [4.69, 9.17) is 4.74 Å². The number of halogens is 2. The Kier molecular flexibility index (Phi) is 5.29. The number of hydrogen-bond donors (Lipinski definition) is 1. The molecule has 0 bridgehead atoms. The summed E-state index contributed by atoms with van der Waals surface area (Å²) in [7, 11) is 1.64. The Morgan fingerprint density at radius 2 is 2.07 bits per heavy atom. The molecule has 1 aliphatic carbocycles. The average molecular weight is 397 g/mol. The zero-order valence-corrected chi connectivity index (χ0v) is 16.0. The molecule has 29 heavy (non-hydrogen) atoms. The van der Waals surface area contributed by atoms with Gasteiger partial charge in [0.1, 0.15) is 5.75 Å². The van der Waals surface area contributed by atoms with E-state index in [0.717, 1.165) is 54.0 Å². The van der Waals surface area contributed by atoms with E-state index in [1.165, 1.54) is 6.07 Å². The predicted molar refractivity (Wildman–Crippen MR) is 104 cm³/mol. The molecule has 0 spiro atoms. The number of amides is 1. The van der Waals surface area contributed by atoms with Crippen LogP contribution in [0.1, 0.15) is 46.1 Å². The number of nitrogens with zero attached hydrogens (tertiary/aromatic N) is 2. The second-order valence-corrected chi connectivity index (χ2v) is 7.06. The summed E-state index contributed by atoms with van der Waals surface area (Å²) in [6.07, 6.45) is 4.30. The lowest BCUT2D eigenvalue weighted by atomic mass is 9.92. The fourth-order valence-corrected chi connectivity index (χ4v) is 3.78. The first kappa shape index (κ1) is 19.1. The third kappa shape index (κ3) is 3.85. The van der Waals surface area contributed by atoms with Crippen molar-refractivity contribution >= 4 is 5.91 Å². The average Bonchev–Trinajstić information content (AvgIpc) is 3.14. The van der Waals surface area contributed by atoms with E-state index in [9.17, 15) is 13.6 Å². The minimum absolute atomic E-state index is 0.0948. The summed E-state index contributed by atoms with van der Waals surface area (Å²) in [5.74, 6) is -1.64. The van der Waals surface area contributed by atoms with Crippen molar-refractivity contribution in [1.29, 1.82) is 0 Å². The molecule has 0 saturated carbocycles. The van der Waals surface area contributed by atoms with Crippen LogP contribution in [0.4, 0.5) is 8.78 Å². The van der Waals surface area contributed by atoms with Crippen LogP contribution in [0.25, 0.3) is 0 Å². The van der Waals surface area contributed by atoms with Gasteiger partial charge in [-0.3, -0.25) is 9.48 Å². The lowest BCUT2D eigenvalue weighted by molar-refractivity contribution is 0.0932. The SMILES string of the molecule is COc1ccccc1Cn1ncc2c1CCC[C@H]2NC(=O)c1ccc(F)c(F)c1. The molecule has 1 N–H and O–H groups in total. The first-order valence-corrected chi connectivity index (χ1v) is 9.49. The van der Waals surface area contributed by atoms with E-state index in [1.807, 2.05) is 28.9 Å². The van der Waals surface area contributed by atoms with E-state index >= 15 is 0 Å². The molecule has 1 atom stereocenters. The Balaban J connectivity index is 1.55. The van der Waals surface area contributed by atoms with Crippen LogP contribution in [0.5, 0.6) is 5.75 Å². The number of aromatic nitrogens is 2. The molecular formula is C22H21F2N3O2. The van der Waals surface area contributed by atoms with E-state index < -0.39 is 17.5 Å². The Morgan fingerprint density at radius 3 is 2.86 bits per heavy atom. The Hall–Kier alpha value is -3.22. The quantitative estimate of drug-likeness (QED) is 0.707. The van der Waals surface area contributed by atoms with Gasteiger partial charge in [-0.1, -0.05) is 18.2 Å². The highest BCUT2D eigenvalue weighted by Crippen LogP contribution is 2.31. The molecule has 1 heterocycles. The number of benzene rings is 2. The van der Waals surface area contributed by atoms with Crippen LogP contribution in [-0.4, -0.2) is 22.8 Å². The highest BCUT2D eigenvalue weighted by Gasteiger charge is 2.26. The maximum absolute atomic E-state index is 13.5. The second kappa shape index (κ2) is 8.03. The van der Waals surface area contributed by atoms with Crippen LogP contribution in [-0.2, 0) is 13.0 Å². The maximum atomic E-state index is 13.5. The van der Waals surface area contributed by atoms with Crippen molar-refractivity contribution in [2.75, 3.05) is 7.11 Å². The topological polar surface area (TPSA) is 56.1 Å². The first-order valence-electron chi connectivity index (χ1n) is 9.49. The second-order valence-electron chi connectivity index (χ2n) is 7.06. The van der Waals surface area contributed by atoms with Gasteiger partial charge in [-0.05, 0) is 43.5 Å². The van der Waals surface area contributed by atoms with E-state index in [-0.39, 0.29) is 11.6 Å². The van der Waals surface area contributed by atoms with Gasteiger partial charge in [0, 0.05) is 22.4 Å². The van der Waals surface area contributed by atoms with Gasteiger partial charge in [0.25, 0.3) is 5.91 Å². The Labute approximate surface area is 167 Å². The van der Waals surface area contributed by atoms with Gasteiger partial charge in [-0.15, -0.1) is 0 Å². The molecule has 0 aliphatic heterocycles. The highest BCUT2D eigenvalue weighted by molar-refractivity contribution is 5.94. The molecule has 1 aliphatic rings. The number of ether oxygens (including phenoxy) is 1. The minimum atomic E-state index is -1.04. The lowest BCUT2D eigenvalue weighted by Crippen LogP contribution is -2.31. The zero-order valence-electron chi connectivity index (χ0n) is 16.0. The largest absolute Gasteiger partial charge is 0.496 e. The molecule has 1 amide bonds. The van der Waals surface area contributed by atoms with Gasteiger partial charge < -0.3 is 10.1 Å². The molecule has 4 rings (SSSR count). The molecule has 0 radical (unpaired) electrons. The van der Waals surface area contributed by atoms with Gasteiger partial charge in [0.05, 0.1) is 25.9 Å². The van der Waals surface area contributed by atoms with Crippen molar-refractivity contribution in [2.24, 2.45) is 0 Å². The number of fused-ring (bicyclic) bond motifs is 1. The van der Waals surface area contributed by atoms with Crippen LogP contribution >= 0.6 is 0 Å². The molecule has 0 unspecified atom stereocenters. The molecule has 5 nitrogen and oxygen atoms in total. The molecule has 2 aromatic carbocycles. The highest BCUT2D eigenvalue weighted by atomic mass is 19.2.